The SMILES string of the molecule is Cc1c(NC(=O)c2cc(-c3ccccc3)nc3c2C(C)C(C)C=C3)cnn1Cc1ccc(C#N)cc1. The number of nitrogens with one attached hydrogen (secondary N) is 1. The number of allylic oxidation sites excluding steroid dienone is 1. The molecule has 6 heteroatoms. The summed E-state index contributed by atoms with van der Waals surface area (Å²) in [4.78, 5) is 18.6. The molecule has 0 saturated heterocycles. The van der Waals surface area contributed by atoms with Crippen LogP contribution in [0.4, 0.5) is 5.69 Å². The van der Waals surface area contributed by atoms with Crippen LogP contribution in [0.3, 0.4) is 0 Å². The second-order valence-electron chi connectivity index (χ2n) is 9.29. The summed E-state index contributed by atoms with van der Waals surface area (Å²) < 4.78 is 1.85. The van der Waals surface area contributed by atoms with Crippen LogP contribution in [0.25, 0.3) is 17.3 Å². The van der Waals surface area contributed by atoms with Gasteiger partial charge in [-0.25, -0.2) is 4.98 Å². The minimum atomic E-state index is -0.166. The van der Waals surface area contributed by atoms with Gasteiger partial charge in [0, 0.05) is 11.1 Å². The molecule has 1 aliphatic carbocycles. The Labute approximate surface area is 210 Å². The van der Waals surface area contributed by atoms with Crippen molar-refractivity contribution in [3.05, 3.63) is 107 Å². The first-order valence-corrected chi connectivity index (χ1v) is 12.1. The van der Waals surface area contributed by atoms with Crippen molar-refractivity contribution in [3.8, 4) is 17.3 Å². The Morgan fingerprint density at radius 2 is 1.86 bits per heavy atom. The number of aromatic nitrogens is 3. The van der Waals surface area contributed by atoms with Crippen molar-refractivity contribution in [2.75, 3.05) is 5.32 Å². The molecule has 0 radical (unpaired) electrons. The number of carbonyl (C=O) groups is 1. The fourth-order valence-corrected chi connectivity index (χ4v) is 4.57. The minimum absolute atomic E-state index is 0.166. The summed E-state index contributed by atoms with van der Waals surface area (Å²) in [7, 11) is 0. The number of fused-ring (bicyclic) bond motifs is 1. The number of benzene rings is 2. The molecule has 1 amide bonds. The highest BCUT2D eigenvalue weighted by molar-refractivity contribution is 6.06. The number of rotatable bonds is 5. The van der Waals surface area contributed by atoms with Crippen LogP contribution in [-0.4, -0.2) is 20.7 Å². The Morgan fingerprint density at radius 3 is 2.58 bits per heavy atom. The molecule has 0 fully saturated rings. The van der Waals surface area contributed by atoms with Crippen LogP contribution in [0, 0.1) is 24.2 Å². The second-order valence-corrected chi connectivity index (χ2v) is 9.29. The molecule has 2 unspecified atom stereocenters. The smallest absolute Gasteiger partial charge is 0.256 e. The van der Waals surface area contributed by atoms with E-state index in [1.54, 1.807) is 18.3 Å². The van der Waals surface area contributed by atoms with Crippen molar-refractivity contribution < 1.29 is 4.79 Å². The minimum Gasteiger partial charge on any atom is -0.319 e. The van der Waals surface area contributed by atoms with E-state index in [9.17, 15) is 4.79 Å². The number of nitrogens with zero attached hydrogens (tertiary/aromatic N) is 4. The van der Waals surface area contributed by atoms with E-state index in [1.165, 1.54) is 0 Å². The van der Waals surface area contributed by atoms with Gasteiger partial charge in [0.25, 0.3) is 5.91 Å². The molecule has 2 aromatic carbocycles. The van der Waals surface area contributed by atoms with E-state index in [1.807, 2.05) is 66.2 Å². The van der Waals surface area contributed by atoms with Crippen LogP contribution >= 0.6 is 0 Å². The first kappa shape index (κ1) is 23.3. The van der Waals surface area contributed by atoms with Crippen LogP contribution < -0.4 is 5.32 Å². The van der Waals surface area contributed by atoms with Crippen LogP contribution in [0.1, 0.15) is 58.2 Å². The fraction of sp³-hybridized carbons (Fsp3) is 0.200. The van der Waals surface area contributed by atoms with Crippen LogP contribution in [0.5, 0.6) is 0 Å². The Hall–Kier alpha value is -4.50. The molecule has 0 spiro atoms. The van der Waals surface area contributed by atoms with Gasteiger partial charge in [-0.05, 0) is 54.2 Å². The largest absolute Gasteiger partial charge is 0.319 e. The molecule has 1 aliphatic rings. The number of nitriles is 1. The molecule has 2 aromatic heterocycles. The topological polar surface area (TPSA) is 83.6 Å². The van der Waals surface area contributed by atoms with E-state index in [2.05, 4.69) is 36.4 Å². The zero-order chi connectivity index (χ0) is 25.2. The number of hydrogen-bond donors (Lipinski definition) is 1. The number of pyridine rings is 1. The van der Waals surface area contributed by atoms with Gasteiger partial charge in [-0.15, -0.1) is 0 Å². The van der Waals surface area contributed by atoms with Crippen LogP contribution in [0.15, 0.2) is 72.9 Å². The molecule has 0 bridgehead atoms. The lowest BCUT2D eigenvalue weighted by molar-refractivity contribution is 0.102. The standard InChI is InChI=1S/C30H27N5O/c1-19-9-14-26-29(20(19)2)25(15-27(33-26)24-7-5-4-6-8-24)30(36)34-28-17-32-35(21(28)3)18-23-12-10-22(16-31)11-13-23/h4-15,17,19-20H,18H2,1-3H3,(H,34,36). The van der Waals surface area contributed by atoms with E-state index in [4.69, 9.17) is 10.2 Å². The van der Waals surface area contributed by atoms with Crippen molar-refractivity contribution in [2.24, 2.45) is 5.92 Å². The predicted octanol–water partition coefficient (Wildman–Crippen LogP) is 6.19. The lowest BCUT2D eigenvalue weighted by Gasteiger charge is -2.26. The maximum Gasteiger partial charge on any atom is 0.256 e. The van der Waals surface area contributed by atoms with Gasteiger partial charge in [-0.1, -0.05) is 62.4 Å². The highest BCUT2D eigenvalue weighted by Gasteiger charge is 2.27. The Kier molecular flexibility index (Phi) is 6.22. The van der Waals surface area contributed by atoms with E-state index >= 15 is 0 Å². The molecule has 178 valence electrons. The first-order valence-electron chi connectivity index (χ1n) is 12.1. The van der Waals surface area contributed by atoms with Gasteiger partial charge in [0.15, 0.2) is 0 Å². The van der Waals surface area contributed by atoms with E-state index in [0.717, 1.165) is 33.8 Å². The summed E-state index contributed by atoms with van der Waals surface area (Å²) in [6, 6.07) is 21.4. The normalized spacial score (nSPS) is 16.3. The first-order chi connectivity index (χ1) is 17.4. The van der Waals surface area contributed by atoms with Crippen LogP contribution in [0.2, 0.25) is 0 Å². The maximum absolute atomic E-state index is 13.7. The van der Waals surface area contributed by atoms with E-state index < -0.39 is 0 Å². The zero-order valence-electron chi connectivity index (χ0n) is 20.6. The molecule has 1 N–H and O–H groups in total. The predicted molar refractivity (Wildman–Crippen MR) is 141 cm³/mol. The quantitative estimate of drug-likeness (QED) is 0.374. The molecule has 36 heavy (non-hydrogen) atoms. The average Bonchev–Trinajstić information content (AvgIpc) is 3.25. The van der Waals surface area contributed by atoms with Crippen molar-refractivity contribution in [1.82, 2.24) is 14.8 Å². The van der Waals surface area contributed by atoms with Gasteiger partial charge in [0.05, 0.1) is 47.1 Å². The summed E-state index contributed by atoms with van der Waals surface area (Å²) >= 11 is 0. The molecule has 2 heterocycles. The number of carbonyl (C=O) groups excluding carboxylic acids is 1. The third-order valence-corrected chi connectivity index (χ3v) is 6.97. The number of anilines is 1. The molecule has 4 aromatic rings. The number of amides is 1. The van der Waals surface area contributed by atoms with Gasteiger partial charge >= 0.3 is 0 Å². The zero-order valence-corrected chi connectivity index (χ0v) is 20.6. The lowest BCUT2D eigenvalue weighted by Crippen LogP contribution is -2.21. The van der Waals surface area contributed by atoms with Crippen molar-refractivity contribution in [1.29, 1.82) is 5.26 Å². The average molecular weight is 474 g/mol. The van der Waals surface area contributed by atoms with Gasteiger partial charge in [0.1, 0.15) is 0 Å². The summed E-state index contributed by atoms with van der Waals surface area (Å²) in [6.45, 7) is 6.80. The molecule has 0 aliphatic heterocycles. The second kappa shape index (κ2) is 9.63. The van der Waals surface area contributed by atoms with Gasteiger partial charge in [-0.2, -0.15) is 10.4 Å². The van der Waals surface area contributed by atoms with Gasteiger partial charge in [0.2, 0.25) is 0 Å². The summed E-state index contributed by atoms with van der Waals surface area (Å²) in [5.74, 6) is 0.315. The highest BCUT2D eigenvalue weighted by Crippen LogP contribution is 2.37. The highest BCUT2D eigenvalue weighted by atomic mass is 16.1. The third-order valence-electron chi connectivity index (χ3n) is 6.97. The molecule has 6 nitrogen and oxygen atoms in total. The Balaban J connectivity index is 1.46. The maximum atomic E-state index is 13.7. The molecule has 2 atom stereocenters. The van der Waals surface area contributed by atoms with Crippen molar-refractivity contribution in [3.63, 3.8) is 0 Å². The molecular weight excluding hydrogens is 446 g/mol. The van der Waals surface area contributed by atoms with Gasteiger partial charge < -0.3 is 5.32 Å². The van der Waals surface area contributed by atoms with Crippen molar-refractivity contribution in [2.45, 2.75) is 33.2 Å². The van der Waals surface area contributed by atoms with E-state index in [-0.39, 0.29) is 11.8 Å². The molecule has 5 rings (SSSR count). The van der Waals surface area contributed by atoms with Crippen LogP contribution in [-0.2, 0) is 6.54 Å². The fourth-order valence-electron chi connectivity index (χ4n) is 4.57. The summed E-state index contributed by atoms with van der Waals surface area (Å²) in [6.07, 6.45) is 5.88. The third kappa shape index (κ3) is 4.44. The lowest BCUT2D eigenvalue weighted by atomic mass is 9.80. The molecular formula is C30H27N5O. The number of hydrogen-bond acceptors (Lipinski definition) is 4. The van der Waals surface area contributed by atoms with E-state index in [0.29, 0.717) is 29.3 Å². The van der Waals surface area contributed by atoms with Gasteiger partial charge in [-0.3, -0.25) is 9.48 Å². The Morgan fingerprint density at radius 1 is 1.11 bits per heavy atom. The monoisotopic (exact) mass is 473 g/mol. The summed E-state index contributed by atoms with van der Waals surface area (Å²) in [5, 5.41) is 16.6. The summed E-state index contributed by atoms with van der Waals surface area (Å²) in [5.41, 5.74) is 7.40. The Bertz CT molecular complexity index is 1490. The van der Waals surface area contributed by atoms with Crippen molar-refractivity contribution >= 4 is 17.7 Å². The molecule has 0 saturated carbocycles.